The smallest absolute Gasteiger partial charge is 0.257 e. The molecule has 160 valence electrons. The lowest BCUT2D eigenvalue weighted by Crippen LogP contribution is -2.15. The summed E-state index contributed by atoms with van der Waals surface area (Å²) in [5, 5.41) is 2.98. The molecule has 0 unspecified atom stereocenters. The van der Waals surface area contributed by atoms with E-state index < -0.39 is 0 Å². The number of carbonyl (C=O) groups is 1. The van der Waals surface area contributed by atoms with Crippen LogP contribution in [0.4, 0.5) is 5.82 Å². The molecule has 1 amide bonds. The quantitative estimate of drug-likeness (QED) is 0.442. The molecule has 1 N–H and O–H groups in total. The highest BCUT2D eigenvalue weighted by molar-refractivity contribution is 6.05. The van der Waals surface area contributed by atoms with Crippen LogP contribution in [0.25, 0.3) is 17.2 Å². The highest BCUT2D eigenvalue weighted by Gasteiger charge is 2.31. The van der Waals surface area contributed by atoms with E-state index in [2.05, 4.69) is 50.5 Å². The number of benzene rings is 1. The second kappa shape index (κ2) is 7.15. The first-order valence-electron chi connectivity index (χ1n) is 11.1. The molecule has 0 radical (unpaired) electrons. The van der Waals surface area contributed by atoms with Gasteiger partial charge in [0.05, 0.1) is 11.4 Å². The topological polar surface area (TPSA) is 77.6 Å². The Morgan fingerprint density at radius 2 is 1.97 bits per heavy atom. The van der Waals surface area contributed by atoms with Crippen LogP contribution >= 0.6 is 0 Å². The van der Waals surface area contributed by atoms with Crippen LogP contribution in [0.5, 0.6) is 0 Å². The number of pyridine rings is 1. The highest BCUT2D eigenvalue weighted by Crippen LogP contribution is 2.41. The van der Waals surface area contributed by atoms with Crippen molar-refractivity contribution >= 4 is 11.7 Å². The monoisotopic (exact) mass is 424 g/mol. The zero-order chi connectivity index (χ0) is 21.8. The number of nitrogens with zero attached hydrogens (tertiary/aromatic N) is 5. The molecule has 1 fully saturated rings. The maximum absolute atomic E-state index is 13.2. The van der Waals surface area contributed by atoms with Gasteiger partial charge < -0.3 is 14.5 Å². The van der Waals surface area contributed by atoms with E-state index in [1.165, 1.54) is 18.5 Å². The van der Waals surface area contributed by atoms with Crippen molar-refractivity contribution in [2.45, 2.75) is 45.1 Å². The van der Waals surface area contributed by atoms with E-state index in [1.54, 1.807) is 12.3 Å². The normalized spacial score (nSPS) is 14.5. The summed E-state index contributed by atoms with van der Waals surface area (Å²) in [7, 11) is 0. The molecule has 7 nitrogen and oxygen atoms in total. The van der Waals surface area contributed by atoms with Crippen molar-refractivity contribution < 1.29 is 4.79 Å². The lowest BCUT2D eigenvalue weighted by Gasteiger charge is -2.12. The predicted octanol–water partition coefficient (Wildman–Crippen LogP) is 4.75. The highest BCUT2D eigenvalue weighted by atomic mass is 16.1. The Kier molecular flexibility index (Phi) is 4.24. The Morgan fingerprint density at radius 3 is 2.78 bits per heavy atom. The average Bonchev–Trinajstić information content (AvgIpc) is 3.20. The van der Waals surface area contributed by atoms with Crippen molar-refractivity contribution in [1.82, 2.24) is 24.1 Å². The standard InChI is InChI=1S/C25H24N6O/c1-15(2)30-12-11-26-24(30)19-6-4-8-22(27-19)29-25(32)17-5-3-7-21-18(17)13-23-28-20(14-31(21)23)16-9-10-16/h3-8,11-12,14-16H,9-10,13H2,1-2H3,(H,27,29,32). The molecule has 3 aromatic heterocycles. The third-order valence-corrected chi connectivity index (χ3v) is 6.23. The lowest BCUT2D eigenvalue weighted by molar-refractivity contribution is 0.102. The van der Waals surface area contributed by atoms with Gasteiger partial charge in [-0.2, -0.15) is 0 Å². The van der Waals surface area contributed by atoms with Crippen LogP contribution in [-0.2, 0) is 6.42 Å². The minimum atomic E-state index is -0.160. The summed E-state index contributed by atoms with van der Waals surface area (Å²) in [5.74, 6) is 2.77. The van der Waals surface area contributed by atoms with Gasteiger partial charge in [-0.25, -0.2) is 15.0 Å². The van der Waals surface area contributed by atoms with Gasteiger partial charge >= 0.3 is 0 Å². The fourth-order valence-corrected chi connectivity index (χ4v) is 4.45. The van der Waals surface area contributed by atoms with E-state index in [0.717, 1.165) is 28.6 Å². The van der Waals surface area contributed by atoms with Gasteiger partial charge in [-0.1, -0.05) is 12.1 Å². The number of amides is 1. The third kappa shape index (κ3) is 3.12. The zero-order valence-corrected chi connectivity index (χ0v) is 18.1. The van der Waals surface area contributed by atoms with Crippen molar-refractivity contribution in [3.8, 4) is 17.2 Å². The zero-order valence-electron chi connectivity index (χ0n) is 18.1. The Labute approximate surface area is 186 Å². The van der Waals surface area contributed by atoms with Crippen LogP contribution in [0.3, 0.4) is 0 Å². The van der Waals surface area contributed by atoms with Crippen molar-refractivity contribution in [2.75, 3.05) is 5.32 Å². The molecule has 2 aliphatic rings. The molecular weight excluding hydrogens is 400 g/mol. The van der Waals surface area contributed by atoms with Crippen molar-refractivity contribution in [1.29, 1.82) is 0 Å². The van der Waals surface area contributed by atoms with Crippen LogP contribution in [0.2, 0.25) is 0 Å². The predicted molar refractivity (Wildman–Crippen MR) is 122 cm³/mol. The first-order valence-corrected chi connectivity index (χ1v) is 11.1. The number of rotatable bonds is 5. The Morgan fingerprint density at radius 1 is 1.12 bits per heavy atom. The molecule has 4 heterocycles. The van der Waals surface area contributed by atoms with Crippen molar-refractivity contribution in [2.24, 2.45) is 0 Å². The minimum Gasteiger partial charge on any atom is -0.327 e. The minimum absolute atomic E-state index is 0.160. The van der Waals surface area contributed by atoms with Gasteiger partial charge in [0.15, 0.2) is 5.82 Å². The van der Waals surface area contributed by atoms with Crippen LogP contribution in [-0.4, -0.2) is 30.0 Å². The molecule has 1 aliphatic carbocycles. The summed E-state index contributed by atoms with van der Waals surface area (Å²) in [6.45, 7) is 4.20. The Hall–Kier alpha value is -3.74. The second-order valence-corrected chi connectivity index (χ2v) is 8.82. The van der Waals surface area contributed by atoms with Gasteiger partial charge in [0.25, 0.3) is 5.91 Å². The summed E-state index contributed by atoms with van der Waals surface area (Å²) in [5.41, 5.74) is 4.64. The van der Waals surface area contributed by atoms with Crippen LogP contribution in [0.1, 0.15) is 66.1 Å². The molecule has 0 bridgehead atoms. The SMILES string of the molecule is CC(C)n1ccnc1-c1cccc(NC(=O)c2cccc3c2Cc2nc(C4CC4)cn2-3)n1. The molecule has 32 heavy (non-hydrogen) atoms. The Balaban J connectivity index is 1.28. The van der Waals surface area contributed by atoms with Gasteiger partial charge in [-0.3, -0.25) is 4.79 Å². The number of aromatic nitrogens is 5. The number of hydrogen-bond donors (Lipinski definition) is 1. The third-order valence-electron chi connectivity index (χ3n) is 6.23. The van der Waals surface area contributed by atoms with Gasteiger partial charge in [0.2, 0.25) is 0 Å². The lowest BCUT2D eigenvalue weighted by atomic mass is 10.0. The van der Waals surface area contributed by atoms with Crippen LogP contribution < -0.4 is 5.32 Å². The molecule has 6 rings (SSSR count). The molecule has 1 aromatic carbocycles. The van der Waals surface area contributed by atoms with E-state index in [9.17, 15) is 4.79 Å². The molecule has 1 aliphatic heterocycles. The molecule has 0 saturated heterocycles. The maximum atomic E-state index is 13.2. The summed E-state index contributed by atoms with van der Waals surface area (Å²) in [4.78, 5) is 27.1. The summed E-state index contributed by atoms with van der Waals surface area (Å²) < 4.78 is 4.21. The average molecular weight is 425 g/mol. The number of fused-ring (bicyclic) bond motifs is 3. The van der Waals surface area contributed by atoms with E-state index >= 15 is 0 Å². The first-order chi connectivity index (χ1) is 15.6. The number of nitrogens with one attached hydrogen (secondary N) is 1. The van der Waals surface area contributed by atoms with E-state index in [0.29, 0.717) is 23.7 Å². The largest absolute Gasteiger partial charge is 0.327 e. The first kappa shape index (κ1) is 19.0. The second-order valence-electron chi connectivity index (χ2n) is 8.82. The fraction of sp³-hybridized carbons (Fsp3) is 0.280. The molecular formula is C25H24N6O. The van der Waals surface area contributed by atoms with Gasteiger partial charge in [-0.05, 0) is 56.5 Å². The van der Waals surface area contributed by atoms with Crippen LogP contribution in [0.15, 0.2) is 55.0 Å². The molecule has 7 heteroatoms. The molecule has 1 saturated carbocycles. The number of imidazole rings is 2. The van der Waals surface area contributed by atoms with Gasteiger partial charge in [0.1, 0.15) is 17.3 Å². The summed E-state index contributed by atoms with van der Waals surface area (Å²) in [6.07, 6.45) is 8.99. The molecule has 0 atom stereocenters. The fourth-order valence-electron chi connectivity index (χ4n) is 4.45. The van der Waals surface area contributed by atoms with E-state index in [-0.39, 0.29) is 11.9 Å². The van der Waals surface area contributed by atoms with Crippen molar-refractivity contribution in [3.63, 3.8) is 0 Å². The van der Waals surface area contributed by atoms with E-state index in [4.69, 9.17) is 4.98 Å². The maximum Gasteiger partial charge on any atom is 0.257 e. The van der Waals surface area contributed by atoms with E-state index in [1.807, 2.05) is 30.5 Å². The molecule has 4 aromatic rings. The number of anilines is 1. The van der Waals surface area contributed by atoms with Crippen molar-refractivity contribution in [3.05, 3.63) is 77.6 Å². The summed E-state index contributed by atoms with van der Waals surface area (Å²) >= 11 is 0. The Bertz CT molecular complexity index is 1340. The number of carbonyl (C=O) groups excluding carboxylic acids is 1. The summed E-state index contributed by atoms with van der Waals surface area (Å²) in [6, 6.07) is 11.7. The van der Waals surface area contributed by atoms with Gasteiger partial charge in [-0.15, -0.1) is 0 Å². The van der Waals surface area contributed by atoms with Gasteiger partial charge in [0, 0.05) is 42.5 Å². The molecule has 0 spiro atoms. The number of hydrogen-bond acceptors (Lipinski definition) is 4. The van der Waals surface area contributed by atoms with Crippen LogP contribution in [0, 0.1) is 0 Å².